The number of thiophene rings is 1. The number of hydrogen-bond donors (Lipinski definition) is 4. The van der Waals surface area contributed by atoms with Crippen molar-refractivity contribution in [3.63, 3.8) is 0 Å². The Hall–Kier alpha value is -4.50. The van der Waals surface area contributed by atoms with E-state index in [2.05, 4.69) is 51.5 Å². The average molecular weight is 581 g/mol. The van der Waals surface area contributed by atoms with Crippen LogP contribution in [0, 0.1) is 11.8 Å². The summed E-state index contributed by atoms with van der Waals surface area (Å²) in [5, 5.41) is 12.8. The lowest BCUT2D eigenvalue weighted by Crippen LogP contribution is -2.28. The molecule has 4 aromatic heterocycles. The average Bonchev–Trinajstić information content (AvgIpc) is 3.73. The maximum absolute atomic E-state index is 12.6. The topological polar surface area (TPSA) is 130 Å². The number of nitrogens with one attached hydrogen (secondary N) is 3. The maximum Gasteiger partial charge on any atom is 0.226 e. The summed E-state index contributed by atoms with van der Waals surface area (Å²) in [6, 6.07) is 12.0. The predicted molar refractivity (Wildman–Crippen MR) is 172 cm³/mol. The molecular formula is C33H36N6O2S. The van der Waals surface area contributed by atoms with E-state index >= 15 is 0 Å². The Kier molecular flexibility index (Phi) is 8.40. The highest BCUT2D eigenvalue weighted by Gasteiger charge is 2.17. The van der Waals surface area contributed by atoms with Gasteiger partial charge in [0.05, 0.1) is 27.8 Å². The van der Waals surface area contributed by atoms with Crippen LogP contribution in [0.25, 0.3) is 49.2 Å². The molecule has 5 aromatic rings. The molecule has 4 heterocycles. The van der Waals surface area contributed by atoms with E-state index in [1.54, 1.807) is 19.3 Å². The van der Waals surface area contributed by atoms with Crippen molar-refractivity contribution in [2.75, 3.05) is 0 Å². The van der Waals surface area contributed by atoms with Crippen molar-refractivity contribution in [3.05, 3.63) is 77.2 Å². The highest BCUT2D eigenvalue weighted by atomic mass is 32.1. The molecule has 5 N–H and O–H groups in total. The van der Waals surface area contributed by atoms with E-state index in [1.807, 2.05) is 50.4 Å². The number of nitrogens with two attached hydrogens (primary N) is 1. The molecule has 0 spiro atoms. The first kappa shape index (κ1) is 29.0. The number of aromatic amines is 2. The Morgan fingerprint density at radius 3 is 2.57 bits per heavy atom. The molecule has 42 heavy (non-hydrogen) atoms. The first-order valence-electron chi connectivity index (χ1n) is 14.2. The van der Waals surface area contributed by atoms with E-state index in [0.717, 1.165) is 78.2 Å². The van der Waals surface area contributed by atoms with Crippen molar-refractivity contribution < 1.29 is 9.59 Å². The Labute approximate surface area is 249 Å². The van der Waals surface area contributed by atoms with Gasteiger partial charge in [0, 0.05) is 45.2 Å². The fraction of sp³-hybridized carbons (Fsp3) is 0.273. The second-order valence-corrected chi connectivity index (χ2v) is 12.1. The zero-order valence-corrected chi connectivity index (χ0v) is 25.4. The molecule has 216 valence electrons. The number of allylic oxidation sites excluding steroid dienone is 3. The summed E-state index contributed by atoms with van der Waals surface area (Å²) in [7, 11) is 0. The summed E-state index contributed by atoms with van der Waals surface area (Å²) in [6.07, 6.45) is 8.94. The van der Waals surface area contributed by atoms with Crippen LogP contribution in [0.3, 0.4) is 0 Å². The number of carbonyl (C=O) groups excluding carboxylic acids is 2. The fourth-order valence-corrected chi connectivity index (χ4v) is 5.75. The molecule has 8 nitrogen and oxygen atoms in total. The number of amides is 1. The second kappa shape index (κ2) is 12.2. The lowest BCUT2D eigenvalue weighted by atomic mass is 9.98. The van der Waals surface area contributed by atoms with E-state index < -0.39 is 0 Å². The first-order valence-corrected chi connectivity index (χ1v) is 15.0. The van der Waals surface area contributed by atoms with Gasteiger partial charge in [0.1, 0.15) is 5.69 Å². The van der Waals surface area contributed by atoms with Crippen LogP contribution in [0.4, 0.5) is 0 Å². The molecule has 0 aliphatic carbocycles. The normalized spacial score (nSPS) is 13.3. The molecule has 0 unspecified atom stereocenters. The highest BCUT2D eigenvalue weighted by molar-refractivity contribution is 7.17. The predicted octanol–water partition coefficient (Wildman–Crippen LogP) is 7.43. The number of benzene rings is 1. The summed E-state index contributed by atoms with van der Waals surface area (Å²) >= 11 is 1.47. The standard InChI is InChI=1S/C33H36N6O2S/c1-6-19(4)11-23(36-33(41)18(2)3)12-22(15-34)21-7-8-27-25(13-21)32(39-38-27)28-14-24-26(16-35-17-29(24)37-28)31-10-9-30(42-31)20(5)40/h7-10,12-19,37H,6,11,34H2,1-5H3,(H,36,41)(H,38,39)/b22-15+,23-12+/t19-/m1/s1. The number of carbonyl (C=O) groups is 2. The van der Waals surface area contributed by atoms with Gasteiger partial charge >= 0.3 is 0 Å². The molecule has 1 atom stereocenters. The SMILES string of the molecule is CC[C@@H](C)C/C(=C\C(=C/N)c1ccc2[nH]nc(-c3cc4c(-c5ccc(C(C)=O)s5)cncc4[nH]3)c2c1)NC(=O)C(C)C. The number of Topliss-reactive ketones (excluding diaryl/α,β-unsaturated/α-hetero) is 1. The van der Waals surface area contributed by atoms with Crippen LogP contribution in [-0.4, -0.2) is 31.9 Å². The number of fused-ring (bicyclic) bond motifs is 2. The molecule has 0 radical (unpaired) electrons. The Balaban J connectivity index is 1.54. The van der Waals surface area contributed by atoms with Gasteiger partial charge in [-0.1, -0.05) is 40.2 Å². The molecule has 1 amide bonds. The van der Waals surface area contributed by atoms with Crippen LogP contribution in [0.5, 0.6) is 0 Å². The number of aromatic nitrogens is 4. The fourth-order valence-electron chi connectivity index (χ4n) is 4.83. The summed E-state index contributed by atoms with van der Waals surface area (Å²) in [5.74, 6) is 0.329. The van der Waals surface area contributed by atoms with Crippen molar-refractivity contribution in [2.24, 2.45) is 17.6 Å². The molecule has 0 aliphatic heterocycles. The van der Waals surface area contributed by atoms with E-state index in [4.69, 9.17) is 5.73 Å². The minimum Gasteiger partial charge on any atom is -0.404 e. The number of H-pyrrole nitrogens is 2. The lowest BCUT2D eigenvalue weighted by molar-refractivity contribution is -0.123. The summed E-state index contributed by atoms with van der Waals surface area (Å²) in [4.78, 5) is 34.0. The molecule has 0 saturated carbocycles. The van der Waals surface area contributed by atoms with Crippen LogP contribution in [0.2, 0.25) is 0 Å². The smallest absolute Gasteiger partial charge is 0.226 e. The molecule has 0 bridgehead atoms. The summed E-state index contributed by atoms with van der Waals surface area (Å²) < 4.78 is 0. The molecular weight excluding hydrogens is 544 g/mol. The van der Waals surface area contributed by atoms with Gasteiger partial charge in [0.25, 0.3) is 0 Å². The van der Waals surface area contributed by atoms with Gasteiger partial charge in [-0.15, -0.1) is 11.3 Å². The van der Waals surface area contributed by atoms with Gasteiger partial charge in [-0.3, -0.25) is 19.7 Å². The third kappa shape index (κ3) is 5.92. The van der Waals surface area contributed by atoms with Gasteiger partial charge in [0.15, 0.2) is 5.78 Å². The minimum atomic E-state index is -0.122. The third-order valence-corrected chi connectivity index (χ3v) is 8.72. The first-order chi connectivity index (χ1) is 20.2. The number of rotatable bonds is 10. The van der Waals surface area contributed by atoms with Crippen molar-refractivity contribution in [1.82, 2.24) is 25.5 Å². The van der Waals surface area contributed by atoms with Crippen LogP contribution in [0.15, 0.2) is 66.8 Å². The van der Waals surface area contributed by atoms with E-state index in [-0.39, 0.29) is 17.6 Å². The van der Waals surface area contributed by atoms with Gasteiger partial charge in [0.2, 0.25) is 5.91 Å². The van der Waals surface area contributed by atoms with Crippen molar-refractivity contribution in [1.29, 1.82) is 0 Å². The Morgan fingerprint density at radius 2 is 1.88 bits per heavy atom. The zero-order chi connectivity index (χ0) is 30.0. The molecule has 9 heteroatoms. The summed E-state index contributed by atoms with van der Waals surface area (Å²) in [6.45, 7) is 9.67. The van der Waals surface area contributed by atoms with Crippen LogP contribution < -0.4 is 11.1 Å². The number of hydrogen-bond acceptors (Lipinski definition) is 6. The van der Waals surface area contributed by atoms with Crippen molar-refractivity contribution >= 4 is 50.4 Å². The van der Waals surface area contributed by atoms with E-state index in [1.165, 1.54) is 11.3 Å². The third-order valence-electron chi connectivity index (χ3n) is 7.50. The highest BCUT2D eigenvalue weighted by Crippen LogP contribution is 2.37. The second-order valence-electron chi connectivity index (χ2n) is 11.0. The molecule has 0 aliphatic rings. The Morgan fingerprint density at radius 1 is 1.07 bits per heavy atom. The lowest BCUT2D eigenvalue weighted by Gasteiger charge is -2.16. The van der Waals surface area contributed by atoms with Crippen LogP contribution in [-0.2, 0) is 4.79 Å². The van der Waals surface area contributed by atoms with Crippen LogP contribution >= 0.6 is 11.3 Å². The number of ketones is 1. The van der Waals surface area contributed by atoms with Crippen molar-refractivity contribution in [2.45, 2.75) is 47.5 Å². The quantitative estimate of drug-likeness (QED) is 0.101. The molecule has 5 rings (SSSR count). The molecule has 1 aromatic carbocycles. The van der Waals surface area contributed by atoms with Gasteiger partial charge in [-0.05, 0) is 66.8 Å². The largest absolute Gasteiger partial charge is 0.404 e. The molecule has 0 fully saturated rings. The van der Waals surface area contributed by atoms with Gasteiger partial charge < -0.3 is 16.0 Å². The van der Waals surface area contributed by atoms with Gasteiger partial charge in [-0.2, -0.15) is 5.10 Å². The van der Waals surface area contributed by atoms with Crippen LogP contribution in [0.1, 0.15) is 62.7 Å². The zero-order valence-electron chi connectivity index (χ0n) is 24.5. The maximum atomic E-state index is 12.6. The summed E-state index contributed by atoms with van der Waals surface area (Å²) in [5.41, 5.74) is 13.1. The Bertz CT molecular complexity index is 1840. The van der Waals surface area contributed by atoms with E-state index in [0.29, 0.717) is 5.92 Å². The number of pyridine rings is 1. The van der Waals surface area contributed by atoms with E-state index in [9.17, 15) is 9.59 Å². The minimum absolute atomic E-state index is 0.0127. The van der Waals surface area contributed by atoms with Crippen molar-refractivity contribution in [3.8, 4) is 21.8 Å². The monoisotopic (exact) mass is 580 g/mol. The van der Waals surface area contributed by atoms with Gasteiger partial charge in [-0.25, -0.2) is 0 Å². The number of nitrogens with zero attached hydrogens (tertiary/aromatic N) is 2. The molecule has 0 saturated heterocycles.